The number of thiophene rings is 2. The number of nitrogens with zero attached hydrogens (tertiary/aromatic N) is 1. The molecule has 0 bridgehead atoms. The van der Waals surface area contributed by atoms with E-state index in [-0.39, 0.29) is 0 Å². The molecule has 4 aromatic heterocycles. The molecule has 0 saturated heterocycles. The van der Waals surface area contributed by atoms with Crippen LogP contribution in [-0.4, -0.2) is 9.55 Å². The molecule has 1 N–H and O–H groups in total. The third-order valence-electron chi connectivity index (χ3n) is 18.6. The highest BCUT2D eigenvalue weighted by atomic mass is 79.9. The van der Waals surface area contributed by atoms with E-state index < -0.39 is 0 Å². The summed E-state index contributed by atoms with van der Waals surface area (Å²) >= 11 is 7.42. The van der Waals surface area contributed by atoms with E-state index >= 15 is 0 Å². The Kier molecular flexibility index (Phi) is 13.5. The third kappa shape index (κ3) is 9.33. The van der Waals surface area contributed by atoms with Crippen LogP contribution in [0.5, 0.6) is 0 Å². The molecule has 4 heterocycles. The van der Waals surface area contributed by atoms with Gasteiger partial charge in [-0.1, -0.05) is 295 Å². The van der Waals surface area contributed by atoms with E-state index in [4.69, 9.17) is 0 Å². The Hall–Kier alpha value is -10.9. The summed E-state index contributed by atoms with van der Waals surface area (Å²) in [5.74, 6) is 0. The van der Waals surface area contributed by atoms with Crippen molar-refractivity contribution in [3.63, 3.8) is 0 Å². The van der Waals surface area contributed by atoms with Gasteiger partial charge in [-0.3, -0.25) is 0 Å². The first-order valence-electron chi connectivity index (χ1n) is 31.6. The number of rotatable bonds is 5. The predicted molar refractivity (Wildman–Crippen MR) is 408 cm³/mol. The van der Waals surface area contributed by atoms with Gasteiger partial charge in [0.05, 0.1) is 31.5 Å². The molecule has 0 atom stereocenters. The van der Waals surface area contributed by atoms with Crippen LogP contribution in [0.2, 0.25) is 0 Å². The van der Waals surface area contributed by atoms with Crippen LogP contribution in [0, 0.1) is 0 Å². The van der Waals surface area contributed by atoms with Gasteiger partial charge < -0.3 is 9.55 Å². The Balaban J connectivity index is 0.000000114. The average molecular weight is 1280 g/mol. The maximum atomic E-state index is 3.83. The van der Waals surface area contributed by atoms with Crippen molar-refractivity contribution < 1.29 is 0 Å². The molecule has 0 unspecified atom stereocenters. The molecule has 436 valence electrons. The summed E-state index contributed by atoms with van der Waals surface area (Å²) in [6.07, 6.45) is 0. The summed E-state index contributed by atoms with van der Waals surface area (Å²) in [6, 6.07) is 118. The van der Waals surface area contributed by atoms with Crippen molar-refractivity contribution >= 4 is 166 Å². The van der Waals surface area contributed by atoms with Gasteiger partial charge in [-0.25, -0.2) is 0 Å². The van der Waals surface area contributed by atoms with Gasteiger partial charge in [-0.05, 0) is 125 Å². The third-order valence-corrected chi connectivity index (χ3v) is 21.4. The van der Waals surface area contributed by atoms with Crippen LogP contribution in [0.4, 0.5) is 0 Å². The largest absolute Gasteiger partial charge is 0.353 e. The molecule has 0 aliphatic heterocycles. The van der Waals surface area contributed by atoms with Gasteiger partial charge in [-0.15, -0.1) is 22.7 Å². The normalized spacial score (nSPS) is 11.7. The van der Waals surface area contributed by atoms with Crippen LogP contribution in [0.1, 0.15) is 0 Å². The number of fused-ring (bicyclic) bond motifs is 24. The average Bonchev–Trinajstić information content (AvgIpc) is 1.54. The van der Waals surface area contributed by atoms with E-state index in [9.17, 15) is 0 Å². The fourth-order valence-corrected chi connectivity index (χ4v) is 17.5. The van der Waals surface area contributed by atoms with E-state index in [1.807, 2.05) is 34.8 Å². The highest BCUT2D eigenvalue weighted by Gasteiger charge is 2.24. The number of nitrogens with one attached hydrogen (secondary N) is 1. The minimum Gasteiger partial charge on any atom is -0.353 e. The van der Waals surface area contributed by atoms with E-state index in [0.717, 1.165) is 4.47 Å². The standard InChI is InChI=1S/C44H27NS.C26H15NS.C18H13Br/c1-3-13-28(14-4-1)31-25-32(29-15-5-2-6-16-29)27-33(26-31)45-42-34-18-8-7-17-30(34)23-24-38(42)40-35-19-9-10-20-36(35)41-37-21-11-12-22-39(37)46-44(41)43(40)45;1-2-8-16-15(7-1)13-14-20-22-17-9-3-4-10-18(17)23-19-11-5-6-12-21(19)28-26(23)25(22)27-24(16)20;19-18-12-16(14-7-3-1-4-8-14)11-17(13-18)15-9-5-2-6-10-15/h1-27H;1-14,27H;1-13H. The first-order valence-corrected chi connectivity index (χ1v) is 34.0. The van der Waals surface area contributed by atoms with E-state index in [1.54, 1.807) is 0 Å². The summed E-state index contributed by atoms with van der Waals surface area (Å²) in [6.45, 7) is 0. The number of aromatic nitrogens is 2. The lowest BCUT2D eigenvalue weighted by Gasteiger charge is -2.15. The van der Waals surface area contributed by atoms with Crippen molar-refractivity contribution in [2.24, 2.45) is 0 Å². The van der Waals surface area contributed by atoms with Gasteiger partial charge >= 0.3 is 0 Å². The van der Waals surface area contributed by atoms with Crippen LogP contribution in [0.15, 0.2) is 332 Å². The van der Waals surface area contributed by atoms with Gasteiger partial charge in [-0.2, -0.15) is 0 Å². The molecule has 93 heavy (non-hydrogen) atoms. The Morgan fingerprint density at radius 2 is 0.624 bits per heavy atom. The summed E-state index contributed by atoms with van der Waals surface area (Å²) in [5.41, 5.74) is 16.0. The van der Waals surface area contributed by atoms with Gasteiger partial charge in [0, 0.05) is 73.4 Å². The second kappa shape index (κ2) is 22.8. The molecular formula is C88H55BrN2S2. The Bertz CT molecular complexity index is 6180. The second-order valence-electron chi connectivity index (χ2n) is 24.0. The maximum Gasteiger partial charge on any atom is 0.0726 e. The maximum absolute atomic E-state index is 3.83. The summed E-state index contributed by atoms with van der Waals surface area (Å²) in [7, 11) is 0. The molecule has 0 spiro atoms. The van der Waals surface area contributed by atoms with Gasteiger partial charge in [0.15, 0.2) is 0 Å². The highest BCUT2D eigenvalue weighted by molar-refractivity contribution is 9.10. The molecule has 20 rings (SSSR count). The van der Waals surface area contributed by atoms with Crippen molar-refractivity contribution in [2.45, 2.75) is 0 Å². The number of hydrogen-bond donors (Lipinski definition) is 1. The molecular weight excluding hydrogens is 1230 g/mol. The summed E-state index contributed by atoms with van der Waals surface area (Å²) in [4.78, 5) is 3.83. The quantitative estimate of drug-likeness (QED) is 0.177. The monoisotopic (exact) mass is 1280 g/mol. The molecule has 2 nitrogen and oxygen atoms in total. The zero-order valence-corrected chi connectivity index (χ0v) is 53.5. The zero-order valence-electron chi connectivity index (χ0n) is 50.3. The topological polar surface area (TPSA) is 20.7 Å². The lowest BCUT2D eigenvalue weighted by Crippen LogP contribution is -1.97. The van der Waals surface area contributed by atoms with Crippen LogP contribution < -0.4 is 0 Å². The predicted octanol–water partition coefficient (Wildman–Crippen LogP) is 26.6. The molecule has 5 heteroatoms. The number of hydrogen-bond acceptors (Lipinski definition) is 2. The van der Waals surface area contributed by atoms with Crippen molar-refractivity contribution in [1.82, 2.24) is 9.55 Å². The number of halogens is 1. The molecule has 0 saturated carbocycles. The van der Waals surface area contributed by atoms with Crippen molar-refractivity contribution in [3.05, 3.63) is 332 Å². The van der Waals surface area contributed by atoms with E-state index in [0.29, 0.717) is 0 Å². The Labute approximate surface area is 553 Å². The van der Waals surface area contributed by atoms with Gasteiger partial charge in [0.1, 0.15) is 0 Å². The molecule has 0 aliphatic carbocycles. The lowest BCUT2D eigenvalue weighted by molar-refractivity contribution is 1.20. The van der Waals surface area contributed by atoms with Crippen LogP contribution in [0.3, 0.4) is 0 Å². The highest BCUT2D eigenvalue weighted by Crippen LogP contribution is 2.51. The van der Waals surface area contributed by atoms with Crippen molar-refractivity contribution in [2.75, 3.05) is 0 Å². The van der Waals surface area contributed by atoms with Crippen LogP contribution in [-0.2, 0) is 0 Å². The summed E-state index contributed by atoms with van der Waals surface area (Å²) < 4.78 is 9.04. The lowest BCUT2D eigenvalue weighted by atomic mass is 9.97. The number of aromatic amines is 1. The van der Waals surface area contributed by atoms with Gasteiger partial charge in [0.2, 0.25) is 0 Å². The van der Waals surface area contributed by atoms with E-state index in [2.05, 4.69) is 341 Å². The number of H-pyrrole nitrogens is 1. The SMILES string of the molecule is Brc1cc(-c2ccccc2)cc(-c2ccccc2)c1.c1ccc(-c2cc(-c3ccccc3)cc(-n3c4c5ccccc5ccc4c4c5ccccc5c5c6ccccc6sc5c43)c2)cc1.c1ccc2c(c1)ccc1c2[nH]c2c3sc4ccccc4c3c3ccccc3c12. The minimum atomic E-state index is 1.10. The molecule has 0 amide bonds. The van der Waals surface area contributed by atoms with Crippen LogP contribution in [0.25, 0.3) is 177 Å². The Morgan fingerprint density at radius 1 is 0.247 bits per heavy atom. The van der Waals surface area contributed by atoms with Gasteiger partial charge in [0.25, 0.3) is 0 Å². The number of benzene rings is 16. The minimum absolute atomic E-state index is 1.10. The second-order valence-corrected chi connectivity index (χ2v) is 27.0. The first-order chi connectivity index (χ1) is 46.1. The van der Waals surface area contributed by atoms with E-state index in [1.165, 1.54) is 177 Å². The molecule has 0 fully saturated rings. The Morgan fingerprint density at radius 3 is 1.14 bits per heavy atom. The molecule has 16 aromatic carbocycles. The smallest absolute Gasteiger partial charge is 0.0726 e. The summed E-state index contributed by atoms with van der Waals surface area (Å²) in [5, 5.41) is 21.0. The van der Waals surface area contributed by atoms with Crippen molar-refractivity contribution in [3.8, 4) is 50.2 Å². The zero-order chi connectivity index (χ0) is 61.5. The van der Waals surface area contributed by atoms with Crippen LogP contribution >= 0.6 is 38.6 Å². The van der Waals surface area contributed by atoms with Crippen molar-refractivity contribution in [1.29, 1.82) is 0 Å². The fraction of sp³-hybridized carbons (Fsp3) is 0. The molecule has 20 aromatic rings. The first kappa shape index (κ1) is 55.0. The fourth-order valence-electron chi connectivity index (χ4n) is 14.5. The molecule has 0 aliphatic rings. The molecule has 0 radical (unpaired) electrons.